The predicted molar refractivity (Wildman–Crippen MR) is 180 cm³/mol. The summed E-state index contributed by atoms with van der Waals surface area (Å²) >= 11 is 13.6. The second kappa shape index (κ2) is 11.5. The van der Waals surface area contributed by atoms with E-state index < -0.39 is 23.4 Å². The van der Waals surface area contributed by atoms with E-state index in [9.17, 15) is 9.59 Å². The predicted octanol–water partition coefficient (Wildman–Crippen LogP) is 6.46. The van der Waals surface area contributed by atoms with Crippen LogP contribution in [0.25, 0.3) is 0 Å². The van der Waals surface area contributed by atoms with Crippen LogP contribution >= 0.6 is 35.0 Å². The lowest BCUT2D eigenvalue weighted by Gasteiger charge is -2.42. The van der Waals surface area contributed by atoms with Gasteiger partial charge in [-0.25, -0.2) is 14.4 Å². The maximum Gasteiger partial charge on any atom is 0.263 e. The molecule has 12 heteroatoms. The normalized spacial score (nSPS) is 28.8. The van der Waals surface area contributed by atoms with Crippen LogP contribution in [0.15, 0.2) is 52.1 Å². The Labute approximate surface area is 284 Å². The number of halogens is 3. The number of nitrogens with zero attached hydrogens (tertiary/aromatic N) is 6. The van der Waals surface area contributed by atoms with Crippen LogP contribution in [0, 0.1) is 11.7 Å². The van der Waals surface area contributed by atoms with E-state index in [4.69, 9.17) is 28.2 Å². The number of rotatable bonds is 5. The number of fused-ring (bicyclic) bond motifs is 1. The molecule has 4 atom stereocenters. The highest BCUT2D eigenvalue weighted by molar-refractivity contribution is 8.18. The van der Waals surface area contributed by atoms with Gasteiger partial charge in [-0.05, 0) is 88.0 Å². The minimum Gasteiger partial charge on any atom is -0.338 e. The number of pyridine rings is 1. The molecule has 2 aromatic rings. The molecule has 0 radical (unpaired) electrons. The average Bonchev–Trinajstić information content (AvgIpc) is 3.39. The van der Waals surface area contributed by atoms with Crippen LogP contribution in [-0.4, -0.2) is 85.9 Å². The maximum atomic E-state index is 15.0. The van der Waals surface area contributed by atoms with Crippen molar-refractivity contribution in [3.63, 3.8) is 0 Å². The minimum atomic E-state index is -0.867. The van der Waals surface area contributed by atoms with Gasteiger partial charge in [0.2, 0.25) is 5.91 Å². The molecule has 1 aromatic carbocycles. The van der Waals surface area contributed by atoms with E-state index >= 15 is 4.39 Å². The van der Waals surface area contributed by atoms with Crippen molar-refractivity contribution in [2.24, 2.45) is 10.9 Å². The molecule has 0 unspecified atom stereocenters. The third-order valence-corrected chi connectivity index (χ3v) is 12.2. The topological polar surface area (TPSA) is 72.4 Å². The number of hydrogen-bond acceptors (Lipinski definition) is 7. The molecule has 7 rings (SSSR count). The number of aromatic nitrogens is 1. The van der Waals surface area contributed by atoms with Crippen molar-refractivity contribution in [1.29, 1.82) is 0 Å². The zero-order chi connectivity index (χ0) is 32.7. The van der Waals surface area contributed by atoms with Gasteiger partial charge in [0, 0.05) is 48.7 Å². The van der Waals surface area contributed by atoms with Crippen molar-refractivity contribution >= 4 is 51.9 Å². The lowest BCUT2D eigenvalue weighted by Crippen LogP contribution is -2.59. The lowest BCUT2D eigenvalue weighted by atomic mass is 9.81. The number of piperazine rings is 1. The fourth-order valence-corrected chi connectivity index (χ4v) is 9.40. The van der Waals surface area contributed by atoms with Crippen LogP contribution in [0.3, 0.4) is 0 Å². The maximum absolute atomic E-state index is 15.0. The molecule has 244 valence electrons. The number of amides is 2. The largest absolute Gasteiger partial charge is 0.338 e. The highest BCUT2D eigenvalue weighted by Gasteiger charge is 2.56. The second-order valence-electron chi connectivity index (χ2n) is 13.9. The van der Waals surface area contributed by atoms with Gasteiger partial charge >= 0.3 is 0 Å². The first kappa shape index (κ1) is 31.9. The summed E-state index contributed by atoms with van der Waals surface area (Å²) in [5.74, 6) is -0.669. The molecule has 46 heavy (non-hydrogen) atoms. The molecule has 5 heterocycles. The third-order valence-electron chi connectivity index (χ3n) is 10.6. The van der Waals surface area contributed by atoms with Crippen LogP contribution in [0.5, 0.6) is 0 Å². The van der Waals surface area contributed by atoms with Crippen LogP contribution in [0.4, 0.5) is 4.39 Å². The molecule has 5 aliphatic rings. The summed E-state index contributed by atoms with van der Waals surface area (Å²) in [7, 11) is 2.15. The van der Waals surface area contributed by atoms with E-state index in [0.717, 1.165) is 43.6 Å². The standard InChI is InChI=1S/C34H39Cl2FN6O2S/c1-19(2)27-28(31(45)42-20(3)6-10-25(42)30(44)41-15-14-40(5)34(18-41)12-13-34)46-32-39-33(4,22-8-11-26(36)38-17-22)29(43(27)32)21-7-9-23(35)24(37)16-21/h7-9,11,16-17,19-20,25,29H,6,10,12-15,18H2,1-5H3/t20-,25-,29-,33+/m1/s1. The van der Waals surface area contributed by atoms with Crippen LogP contribution in [0.1, 0.15) is 70.5 Å². The van der Waals surface area contributed by atoms with Crippen LogP contribution < -0.4 is 0 Å². The molecule has 0 bridgehead atoms. The Balaban J connectivity index is 1.26. The van der Waals surface area contributed by atoms with Crippen molar-refractivity contribution < 1.29 is 14.0 Å². The van der Waals surface area contributed by atoms with Crippen molar-refractivity contribution in [3.8, 4) is 0 Å². The average molecular weight is 686 g/mol. The molecule has 3 fully saturated rings. The lowest BCUT2D eigenvalue weighted by molar-refractivity contribution is -0.145. The molecule has 8 nitrogen and oxygen atoms in total. The smallest absolute Gasteiger partial charge is 0.263 e. The van der Waals surface area contributed by atoms with Gasteiger partial charge in [-0.15, -0.1) is 0 Å². The van der Waals surface area contributed by atoms with Crippen molar-refractivity contribution in [1.82, 2.24) is 24.6 Å². The van der Waals surface area contributed by atoms with Gasteiger partial charge in [-0.3, -0.25) is 14.5 Å². The highest BCUT2D eigenvalue weighted by Crippen LogP contribution is 2.56. The Morgan fingerprint density at radius 3 is 2.52 bits per heavy atom. The summed E-state index contributed by atoms with van der Waals surface area (Å²) in [5, 5.41) is 1.07. The molecule has 0 N–H and O–H groups in total. The number of aliphatic imine (C=N–C) groups is 1. The van der Waals surface area contributed by atoms with Gasteiger partial charge in [0.25, 0.3) is 5.91 Å². The van der Waals surface area contributed by atoms with Gasteiger partial charge in [0.1, 0.15) is 27.5 Å². The Hall–Kier alpha value is -2.66. The Kier molecular flexibility index (Phi) is 7.98. The summed E-state index contributed by atoms with van der Waals surface area (Å²) in [6, 6.07) is 7.40. The number of amidine groups is 1. The van der Waals surface area contributed by atoms with Crippen molar-refractivity contribution in [2.75, 3.05) is 26.7 Å². The van der Waals surface area contributed by atoms with Gasteiger partial charge in [-0.1, -0.05) is 49.2 Å². The van der Waals surface area contributed by atoms with E-state index in [1.54, 1.807) is 18.3 Å². The first-order valence-corrected chi connectivity index (χ1v) is 17.6. The monoisotopic (exact) mass is 684 g/mol. The number of thioether (sulfide) groups is 1. The summed E-state index contributed by atoms with van der Waals surface area (Å²) in [5.41, 5.74) is 1.55. The van der Waals surface area contributed by atoms with Crippen molar-refractivity contribution in [2.45, 2.75) is 82.6 Å². The van der Waals surface area contributed by atoms with E-state index in [1.165, 1.54) is 17.8 Å². The van der Waals surface area contributed by atoms with Crippen LogP contribution in [0.2, 0.25) is 10.2 Å². The number of benzene rings is 1. The Morgan fingerprint density at radius 2 is 1.87 bits per heavy atom. The number of carbonyl (C=O) groups is 2. The van der Waals surface area contributed by atoms with Gasteiger partial charge in [0.15, 0.2) is 5.17 Å². The highest BCUT2D eigenvalue weighted by atomic mass is 35.5. The van der Waals surface area contributed by atoms with E-state index in [-0.39, 0.29) is 34.3 Å². The number of likely N-dealkylation sites (tertiary alicyclic amines) is 1. The molecule has 1 saturated carbocycles. The quantitative estimate of drug-likeness (QED) is 0.337. The van der Waals surface area contributed by atoms with Gasteiger partial charge < -0.3 is 14.7 Å². The number of hydrogen-bond donors (Lipinski definition) is 0. The minimum absolute atomic E-state index is 0.0377. The Morgan fingerprint density at radius 1 is 1.11 bits per heavy atom. The molecular formula is C34H39Cl2FN6O2S. The number of carbonyl (C=O) groups excluding carboxylic acids is 2. The Bertz CT molecular complexity index is 1660. The molecule has 1 aliphatic carbocycles. The van der Waals surface area contributed by atoms with E-state index in [0.29, 0.717) is 33.8 Å². The summed E-state index contributed by atoms with van der Waals surface area (Å²) < 4.78 is 15.0. The molecular weight excluding hydrogens is 646 g/mol. The number of allylic oxidation sites excluding steroid dienone is 1. The first-order chi connectivity index (χ1) is 21.8. The number of likely N-dealkylation sites (N-methyl/N-ethyl adjacent to an activating group) is 1. The fraction of sp³-hybridized carbons (Fsp3) is 0.529. The van der Waals surface area contributed by atoms with E-state index in [2.05, 4.69) is 35.7 Å². The summed E-state index contributed by atoms with van der Waals surface area (Å²) in [4.78, 5) is 47.2. The zero-order valence-corrected chi connectivity index (χ0v) is 29.1. The fourth-order valence-electron chi connectivity index (χ4n) is 7.82. The molecule has 2 amide bonds. The van der Waals surface area contributed by atoms with Crippen LogP contribution in [-0.2, 0) is 15.1 Å². The molecule has 2 saturated heterocycles. The zero-order valence-electron chi connectivity index (χ0n) is 26.8. The van der Waals surface area contributed by atoms with Gasteiger partial charge in [-0.2, -0.15) is 0 Å². The summed E-state index contributed by atoms with van der Waals surface area (Å²) in [6.45, 7) is 10.4. The first-order valence-electron chi connectivity index (χ1n) is 16.1. The van der Waals surface area contributed by atoms with E-state index in [1.807, 2.05) is 35.8 Å². The molecule has 1 aromatic heterocycles. The van der Waals surface area contributed by atoms with Gasteiger partial charge in [0.05, 0.1) is 11.1 Å². The molecule has 1 spiro atoms. The summed E-state index contributed by atoms with van der Waals surface area (Å²) in [6.07, 6.45) is 5.35. The molecule has 4 aliphatic heterocycles. The third kappa shape index (κ3) is 5.06. The van der Waals surface area contributed by atoms with Crippen molar-refractivity contribution in [3.05, 3.63) is 74.3 Å². The second-order valence-corrected chi connectivity index (χ2v) is 15.7. The SMILES string of the molecule is CC(C)C1=C(C(=O)N2[C@H](C)CC[C@@H]2C(=O)N2CCN(C)C3(CC3)C2)SC2=N[C@@](C)(c3ccc(Cl)nc3)[C@@H](c3ccc(Cl)c(F)c3)N21.